The molecule has 0 saturated carbocycles. The number of hydrogen-bond acceptors (Lipinski definition) is 4. The first-order valence-corrected chi connectivity index (χ1v) is 10.1. The third-order valence-corrected chi connectivity index (χ3v) is 5.51. The molecule has 1 aliphatic rings. The van der Waals surface area contributed by atoms with E-state index >= 15 is 0 Å². The topological polar surface area (TPSA) is 52.7 Å². The van der Waals surface area contributed by atoms with Gasteiger partial charge in [0.25, 0.3) is 5.91 Å². The number of anilines is 1. The van der Waals surface area contributed by atoms with Crippen molar-refractivity contribution in [3.05, 3.63) is 64.0 Å². The van der Waals surface area contributed by atoms with Gasteiger partial charge >= 0.3 is 0 Å². The molecule has 0 aliphatic carbocycles. The van der Waals surface area contributed by atoms with Gasteiger partial charge in [-0.2, -0.15) is 0 Å². The number of fused-ring (bicyclic) bond motifs is 1. The molecule has 0 saturated heterocycles. The predicted octanol–water partition coefficient (Wildman–Crippen LogP) is 3.50. The zero-order valence-corrected chi connectivity index (χ0v) is 17.4. The van der Waals surface area contributed by atoms with Gasteiger partial charge in [0.15, 0.2) is 0 Å². The number of hydrogen-bond donors (Lipinski definition) is 1. The van der Waals surface area contributed by atoms with Crippen molar-refractivity contribution in [3.63, 3.8) is 0 Å². The largest absolute Gasteiger partial charge is 0.353 e. The average Bonchev–Trinajstić information content (AvgIpc) is 2.66. The molecule has 0 aromatic heterocycles. The van der Waals surface area contributed by atoms with Crippen molar-refractivity contribution < 1.29 is 9.59 Å². The van der Waals surface area contributed by atoms with Crippen LogP contribution in [0.3, 0.4) is 0 Å². The van der Waals surface area contributed by atoms with E-state index in [0.29, 0.717) is 16.5 Å². The lowest BCUT2D eigenvalue weighted by Crippen LogP contribution is -2.43. The summed E-state index contributed by atoms with van der Waals surface area (Å²) in [7, 11) is 3.89. The third-order valence-electron chi connectivity index (χ3n) is 4.18. The summed E-state index contributed by atoms with van der Waals surface area (Å²) in [6, 6.07) is 14.9. The van der Waals surface area contributed by atoms with Crippen LogP contribution in [0.5, 0.6) is 0 Å². The van der Waals surface area contributed by atoms with Crippen molar-refractivity contribution in [2.75, 3.05) is 38.6 Å². The van der Waals surface area contributed by atoms with Crippen LogP contribution in [-0.4, -0.2) is 50.4 Å². The second-order valence-corrected chi connectivity index (χ2v) is 8.19. The van der Waals surface area contributed by atoms with Crippen molar-refractivity contribution in [3.8, 4) is 0 Å². The SMILES string of the molecule is CN(C)CCNC(=O)CN1C(=O)/C(=C/c2ccc(Cl)cc2)Sc2ccccc21. The molecule has 146 valence electrons. The number of carbonyl (C=O) groups is 2. The molecule has 28 heavy (non-hydrogen) atoms. The van der Waals surface area contributed by atoms with Crippen LogP contribution in [0.2, 0.25) is 5.02 Å². The molecule has 0 radical (unpaired) electrons. The summed E-state index contributed by atoms with van der Waals surface area (Å²) in [6.45, 7) is 1.27. The van der Waals surface area contributed by atoms with Gasteiger partial charge in [0.1, 0.15) is 6.54 Å². The highest BCUT2D eigenvalue weighted by Gasteiger charge is 2.30. The zero-order valence-electron chi connectivity index (χ0n) is 15.8. The first-order valence-electron chi connectivity index (χ1n) is 8.91. The second kappa shape index (κ2) is 9.28. The lowest BCUT2D eigenvalue weighted by molar-refractivity contribution is -0.122. The first kappa shape index (κ1) is 20.5. The summed E-state index contributed by atoms with van der Waals surface area (Å²) in [4.78, 5) is 30.5. The van der Waals surface area contributed by atoms with E-state index < -0.39 is 0 Å². The number of nitrogens with zero attached hydrogens (tertiary/aromatic N) is 2. The fourth-order valence-corrected chi connectivity index (χ4v) is 3.93. The maximum absolute atomic E-state index is 13.1. The van der Waals surface area contributed by atoms with Crippen molar-refractivity contribution in [1.82, 2.24) is 10.2 Å². The Morgan fingerprint density at radius 3 is 2.61 bits per heavy atom. The van der Waals surface area contributed by atoms with Crippen LogP contribution in [-0.2, 0) is 9.59 Å². The number of halogens is 1. The minimum absolute atomic E-state index is 0.0121. The monoisotopic (exact) mass is 415 g/mol. The zero-order chi connectivity index (χ0) is 20.1. The van der Waals surface area contributed by atoms with E-state index in [1.807, 2.05) is 61.5 Å². The Morgan fingerprint density at radius 1 is 1.18 bits per heavy atom. The number of likely N-dealkylation sites (N-methyl/N-ethyl adjacent to an activating group) is 1. The van der Waals surface area contributed by atoms with Crippen LogP contribution in [0.1, 0.15) is 5.56 Å². The Balaban J connectivity index is 1.82. The summed E-state index contributed by atoms with van der Waals surface area (Å²) >= 11 is 7.36. The molecule has 2 amide bonds. The van der Waals surface area contributed by atoms with E-state index in [-0.39, 0.29) is 18.4 Å². The molecular weight excluding hydrogens is 394 g/mol. The number of thioether (sulfide) groups is 1. The lowest BCUT2D eigenvalue weighted by atomic mass is 10.2. The van der Waals surface area contributed by atoms with Crippen LogP contribution in [0, 0.1) is 0 Å². The van der Waals surface area contributed by atoms with E-state index in [0.717, 1.165) is 22.7 Å². The van der Waals surface area contributed by atoms with Gasteiger partial charge in [-0.25, -0.2) is 0 Å². The van der Waals surface area contributed by atoms with E-state index in [1.54, 1.807) is 17.0 Å². The van der Waals surface area contributed by atoms with Crippen LogP contribution in [0.25, 0.3) is 6.08 Å². The average molecular weight is 416 g/mol. The van der Waals surface area contributed by atoms with Crippen LogP contribution >= 0.6 is 23.4 Å². The van der Waals surface area contributed by atoms with E-state index in [2.05, 4.69) is 5.32 Å². The molecule has 2 aromatic rings. The summed E-state index contributed by atoms with van der Waals surface area (Å²) < 4.78 is 0. The molecule has 1 heterocycles. The Hall–Kier alpha value is -2.28. The van der Waals surface area contributed by atoms with E-state index in [1.165, 1.54) is 11.8 Å². The van der Waals surface area contributed by atoms with Gasteiger partial charge in [-0.15, -0.1) is 0 Å². The Kier molecular flexibility index (Phi) is 6.78. The predicted molar refractivity (Wildman–Crippen MR) is 116 cm³/mol. The maximum atomic E-state index is 13.1. The smallest absolute Gasteiger partial charge is 0.265 e. The summed E-state index contributed by atoms with van der Waals surface area (Å²) in [5, 5.41) is 3.51. The molecule has 7 heteroatoms. The van der Waals surface area contributed by atoms with Crippen molar-refractivity contribution >= 4 is 46.9 Å². The molecule has 0 unspecified atom stereocenters. The van der Waals surface area contributed by atoms with Crippen LogP contribution in [0.4, 0.5) is 5.69 Å². The molecule has 0 spiro atoms. The van der Waals surface area contributed by atoms with Crippen molar-refractivity contribution in [1.29, 1.82) is 0 Å². The highest BCUT2D eigenvalue weighted by Crippen LogP contribution is 2.41. The Labute approximate surface area is 174 Å². The fourth-order valence-electron chi connectivity index (χ4n) is 2.75. The normalized spacial score (nSPS) is 15.1. The molecule has 0 atom stereocenters. The minimum atomic E-state index is -0.179. The fraction of sp³-hybridized carbons (Fsp3) is 0.238. The highest BCUT2D eigenvalue weighted by atomic mass is 35.5. The van der Waals surface area contributed by atoms with Crippen LogP contribution < -0.4 is 10.2 Å². The summed E-state index contributed by atoms with van der Waals surface area (Å²) in [5.74, 6) is -0.357. The van der Waals surface area contributed by atoms with Gasteiger partial charge in [-0.05, 0) is 50.0 Å². The molecule has 0 bridgehead atoms. The number of rotatable bonds is 6. The molecule has 3 rings (SSSR count). The van der Waals surface area contributed by atoms with Gasteiger partial charge in [0.05, 0.1) is 10.6 Å². The number of benzene rings is 2. The second-order valence-electron chi connectivity index (χ2n) is 6.67. The van der Waals surface area contributed by atoms with E-state index in [9.17, 15) is 9.59 Å². The van der Waals surface area contributed by atoms with Crippen molar-refractivity contribution in [2.45, 2.75) is 4.90 Å². The maximum Gasteiger partial charge on any atom is 0.265 e. The quantitative estimate of drug-likeness (QED) is 0.734. The lowest BCUT2D eigenvalue weighted by Gasteiger charge is -2.30. The van der Waals surface area contributed by atoms with Gasteiger partial charge in [0.2, 0.25) is 5.91 Å². The first-order chi connectivity index (χ1) is 13.4. The van der Waals surface area contributed by atoms with Gasteiger partial charge in [-0.3, -0.25) is 14.5 Å². The molecule has 1 aliphatic heterocycles. The minimum Gasteiger partial charge on any atom is -0.353 e. The van der Waals surface area contributed by atoms with Gasteiger partial charge < -0.3 is 10.2 Å². The van der Waals surface area contributed by atoms with Crippen molar-refractivity contribution in [2.24, 2.45) is 0 Å². The number of para-hydroxylation sites is 1. The molecule has 5 nitrogen and oxygen atoms in total. The Bertz CT molecular complexity index is 897. The number of carbonyl (C=O) groups excluding carboxylic acids is 2. The number of nitrogens with one attached hydrogen (secondary N) is 1. The Morgan fingerprint density at radius 2 is 1.89 bits per heavy atom. The third kappa shape index (κ3) is 5.16. The summed E-state index contributed by atoms with van der Waals surface area (Å²) in [5.41, 5.74) is 1.64. The molecular formula is C21H22ClN3O2S. The van der Waals surface area contributed by atoms with Crippen LogP contribution in [0.15, 0.2) is 58.3 Å². The summed E-state index contributed by atoms with van der Waals surface area (Å²) in [6.07, 6.45) is 1.83. The standard InChI is InChI=1S/C21H22ClN3O2S/c1-24(2)12-11-23-20(26)14-25-17-5-3-4-6-18(17)28-19(21(25)27)13-15-7-9-16(22)10-8-15/h3-10,13H,11-12,14H2,1-2H3,(H,23,26)/b19-13-. The molecule has 1 N–H and O–H groups in total. The highest BCUT2D eigenvalue weighted by molar-refractivity contribution is 8.04. The van der Waals surface area contributed by atoms with Gasteiger partial charge in [0, 0.05) is 23.0 Å². The van der Waals surface area contributed by atoms with Gasteiger partial charge in [-0.1, -0.05) is 47.6 Å². The molecule has 0 fully saturated rings. The molecule has 2 aromatic carbocycles. The number of amides is 2. The van der Waals surface area contributed by atoms with E-state index in [4.69, 9.17) is 11.6 Å².